The van der Waals surface area contributed by atoms with Crippen LogP contribution in [0.2, 0.25) is 5.15 Å². The third-order valence-corrected chi connectivity index (χ3v) is 6.75. The number of carbonyl (C=O) groups is 1. The molecular weight excluding hydrogens is 516 g/mol. The van der Waals surface area contributed by atoms with Crippen molar-refractivity contribution in [1.29, 1.82) is 0 Å². The molecule has 36 heavy (non-hydrogen) atoms. The van der Waals surface area contributed by atoms with Gasteiger partial charge in [-0.05, 0) is 62.0 Å². The Bertz CT molecular complexity index is 1210. The Morgan fingerprint density at radius 2 is 1.94 bits per heavy atom. The van der Waals surface area contributed by atoms with Crippen LogP contribution in [0.5, 0.6) is 10.9 Å². The molecule has 3 heterocycles. The second-order valence-electron chi connectivity index (χ2n) is 8.26. The molecule has 0 bridgehead atoms. The molecule has 13 heteroatoms. The van der Waals surface area contributed by atoms with Gasteiger partial charge >= 0.3 is 6.61 Å². The largest absolute Gasteiger partial charge is 0.494 e. The number of hydrogen-bond acceptors (Lipinski definition) is 9. The maximum absolute atomic E-state index is 13.1. The van der Waals surface area contributed by atoms with E-state index in [1.54, 1.807) is 12.1 Å². The fraction of sp³-hybridized carbons (Fsp3) is 0.435. The SMILES string of the molecule is COc1cnc(Cl)cc1-c1cc(C)ncc1C(=O)Nc1nnc(OC[C@H]2CC[C@H](OC(F)F)CC2)s1. The molecule has 1 saturated carbocycles. The molecule has 1 N–H and O–H groups in total. The fourth-order valence-electron chi connectivity index (χ4n) is 4.01. The average molecular weight is 540 g/mol. The predicted octanol–water partition coefficient (Wildman–Crippen LogP) is 5.39. The number of nitrogens with zero attached hydrogens (tertiary/aromatic N) is 4. The van der Waals surface area contributed by atoms with Gasteiger partial charge in [0.25, 0.3) is 11.1 Å². The number of halogens is 3. The number of rotatable bonds is 9. The lowest BCUT2D eigenvalue weighted by Gasteiger charge is -2.27. The predicted molar refractivity (Wildman–Crippen MR) is 130 cm³/mol. The summed E-state index contributed by atoms with van der Waals surface area (Å²) < 4.78 is 40.4. The van der Waals surface area contributed by atoms with E-state index in [9.17, 15) is 13.6 Å². The third-order valence-electron chi connectivity index (χ3n) is 5.79. The van der Waals surface area contributed by atoms with E-state index in [1.807, 2.05) is 6.92 Å². The Balaban J connectivity index is 1.40. The molecule has 9 nitrogen and oxygen atoms in total. The first-order valence-corrected chi connectivity index (χ1v) is 12.4. The maximum atomic E-state index is 13.1. The van der Waals surface area contributed by atoms with Crippen LogP contribution in [0.1, 0.15) is 41.7 Å². The first-order chi connectivity index (χ1) is 17.3. The number of methoxy groups -OCH3 is 1. The molecule has 1 fully saturated rings. The maximum Gasteiger partial charge on any atom is 0.345 e. The number of amides is 1. The van der Waals surface area contributed by atoms with Crippen LogP contribution >= 0.6 is 22.9 Å². The minimum Gasteiger partial charge on any atom is -0.494 e. The first-order valence-electron chi connectivity index (χ1n) is 11.2. The van der Waals surface area contributed by atoms with Crippen LogP contribution in [0.15, 0.2) is 24.5 Å². The number of pyridine rings is 2. The second-order valence-corrected chi connectivity index (χ2v) is 9.58. The summed E-state index contributed by atoms with van der Waals surface area (Å²) in [4.78, 5) is 21.4. The summed E-state index contributed by atoms with van der Waals surface area (Å²) in [6, 6.07) is 3.38. The van der Waals surface area contributed by atoms with Crippen LogP contribution in [0.3, 0.4) is 0 Å². The van der Waals surface area contributed by atoms with Gasteiger partial charge < -0.3 is 14.2 Å². The van der Waals surface area contributed by atoms with Gasteiger partial charge in [-0.1, -0.05) is 16.7 Å². The smallest absolute Gasteiger partial charge is 0.345 e. The van der Waals surface area contributed by atoms with Crippen LogP contribution < -0.4 is 14.8 Å². The third kappa shape index (κ3) is 6.62. The summed E-state index contributed by atoms with van der Waals surface area (Å²) in [5, 5.41) is 11.5. The molecule has 4 rings (SSSR count). The lowest BCUT2D eigenvalue weighted by molar-refractivity contribution is -0.171. The van der Waals surface area contributed by atoms with E-state index in [4.69, 9.17) is 21.1 Å². The van der Waals surface area contributed by atoms with Crippen LogP contribution in [0.25, 0.3) is 11.1 Å². The number of carbonyl (C=O) groups excluding carboxylic acids is 1. The van der Waals surface area contributed by atoms with Crippen molar-refractivity contribution in [2.24, 2.45) is 5.92 Å². The number of hydrogen-bond donors (Lipinski definition) is 1. The summed E-state index contributed by atoms with van der Waals surface area (Å²) in [5.74, 6) is 0.237. The van der Waals surface area contributed by atoms with E-state index in [-0.39, 0.29) is 16.2 Å². The van der Waals surface area contributed by atoms with Crippen LogP contribution in [0, 0.1) is 12.8 Å². The topological polar surface area (TPSA) is 108 Å². The van der Waals surface area contributed by atoms with Crippen molar-refractivity contribution in [1.82, 2.24) is 20.2 Å². The quantitative estimate of drug-likeness (QED) is 0.360. The zero-order chi connectivity index (χ0) is 25.7. The molecule has 0 unspecified atom stereocenters. The van der Waals surface area contributed by atoms with Crippen LogP contribution in [0.4, 0.5) is 13.9 Å². The van der Waals surface area contributed by atoms with Crippen LogP contribution in [-0.2, 0) is 4.74 Å². The van der Waals surface area contributed by atoms with E-state index in [0.29, 0.717) is 52.8 Å². The van der Waals surface area contributed by atoms with E-state index in [1.165, 1.54) is 19.5 Å². The van der Waals surface area contributed by atoms with E-state index in [0.717, 1.165) is 24.2 Å². The number of nitrogens with one attached hydrogen (secondary N) is 1. The Hall–Kier alpha value is -2.96. The Kier molecular flexibility index (Phi) is 8.60. The Morgan fingerprint density at radius 1 is 1.17 bits per heavy atom. The number of aromatic nitrogens is 4. The lowest BCUT2D eigenvalue weighted by Crippen LogP contribution is -2.26. The molecular formula is C23H24ClF2N5O4S. The molecule has 0 aliphatic heterocycles. The Morgan fingerprint density at radius 3 is 2.67 bits per heavy atom. The molecule has 0 atom stereocenters. The normalized spacial score (nSPS) is 17.7. The average Bonchev–Trinajstić information content (AvgIpc) is 3.30. The summed E-state index contributed by atoms with van der Waals surface area (Å²) in [6.45, 7) is -0.541. The van der Waals surface area contributed by atoms with Crippen molar-refractivity contribution in [3.8, 4) is 22.1 Å². The standard InChI is InChI=1S/C23H24ClF2N5O4S/c1-12-7-15(16-8-19(24)28-10-18(16)33-2)17(9-27-12)20(32)29-22-30-31-23(36-22)34-11-13-3-5-14(6-4-13)35-21(25)26/h7-10,13-14,21H,3-6,11H2,1-2H3,(H,29,30,32)/t13-,14-. The molecule has 0 radical (unpaired) electrons. The van der Waals surface area contributed by atoms with Gasteiger partial charge in [0, 0.05) is 23.0 Å². The minimum atomic E-state index is -2.74. The van der Waals surface area contributed by atoms with Gasteiger partial charge in [-0.25, -0.2) is 4.98 Å². The monoisotopic (exact) mass is 539 g/mol. The zero-order valence-electron chi connectivity index (χ0n) is 19.5. The van der Waals surface area contributed by atoms with Crippen molar-refractivity contribution in [3.63, 3.8) is 0 Å². The second kappa shape index (κ2) is 11.8. The molecule has 1 amide bonds. The van der Waals surface area contributed by atoms with Gasteiger partial charge in [0.1, 0.15) is 10.9 Å². The highest BCUT2D eigenvalue weighted by Gasteiger charge is 2.25. The number of alkyl halides is 2. The minimum absolute atomic E-state index is 0.216. The van der Waals surface area contributed by atoms with Crippen LogP contribution in [-0.4, -0.2) is 52.5 Å². The molecule has 0 spiro atoms. The van der Waals surface area contributed by atoms with E-state index < -0.39 is 18.6 Å². The molecule has 0 saturated heterocycles. The fourth-order valence-corrected chi connectivity index (χ4v) is 4.76. The molecule has 192 valence electrons. The van der Waals surface area contributed by atoms with Crippen molar-refractivity contribution in [2.75, 3.05) is 19.0 Å². The van der Waals surface area contributed by atoms with Gasteiger partial charge in [0.05, 0.1) is 31.6 Å². The zero-order valence-corrected chi connectivity index (χ0v) is 21.1. The summed E-state index contributed by atoms with van der Waals surface area (Å²) in [5.41, 5.74) is 2.18. The molecule has 3 aromatic heterocycles. The summed E-state index contributed by atoms with van der Waals surface area (Å²) >= 11 is 7.18. The van der Waals surface area contributed by atoms with Crippen molar-refractivity contribution in [3.05, 3.63) is 40.9 Å². The Labute approximate surface area is 215 Å². The van der Waals surface area contributed by atoms with E-state index >= 15 is 0 Å². The van der Waals surface area contributed by atoms with Gasteiger partial charge in [-0.15, -0.1) is 5.10 Å². The van der Waals surface area contributed by atoms with Gasteiger partial charge in [-0.3, -0.25) is 15.1 Å². The van der Waals surface area contributed by atoms with Crippen molar-refractivity contribution >= 4 is 34.0 Å². The van der Waals surface area contributed by atoms with Crippen molar-refractivity contribution in [2.45, 2.75) is 45.3 Å². The summed E-state index contributed by atoms with van der Waals surface area (Å²) in [6.07, 6.45) is 5.14. The van der Waals surface area contributed by atoms with Gasteiger partial charge in [0.2, 0.25) is 5.13 Å². The molecule has 1 aliphatic rings. The lowest BCUT2D eigenvalue weighted by atomic mass is 9.88. The highest BCUT2D eigenvalue weighted by Crippen LogP contribution is 2.35. The number of anilines is 1. The highest BCUT2D eigenvalue weighted by molar-refractivity contribution is 7.17. The summed E-state index contributed by atoms with van der Waals surface area (Å²) in [7, 11) is 1.51. The number of aryl methyl sites for hydroxylation is 1. The van der Waals surface area contributed by atoms with Gasteiger partial charge in [0.15, 0.2) is 0 Å². The number of ether oxygens (including phenoxy) is 3. The van der Waals surface area contributed by atoms with E-state index in [2.05, 4.69) is 30.2 Å². The highest BCUT2D eigenvalue weighted by atomic mass is 35.5. The van der Waals surface area contributed by atoms with Crippen molar-refractivity contribution < 1.29 is 27.8 Å². The van der Waals surface area contributed by atoms with Gasteiger partial charge in [-0.2, -0.15) is 8.78 Å². The molecule has 3 aromatic rings. The first kappa shape index (κ1) is 26.1. The molecule has 1 aliphatic carbocycles. The molecule has 0 aromatic carbocycles.